The lowest BCUT2D eigenvalue weighted by Crippen LogP contribution is -2.38. The van der Waals surface area contributed by atoms with Gasteiger partial charge in [-0.3, -0.25) is 0 Å². The van der Waals surface area contributed by atoms with Crippen LogP contribution in [0.15, 0.2) is 42.5 Å². The third-order valence-electron chi connectivity index (χ3n) is 4.14. The first-order valence-electron chi connectivity index (χ1n) is 7.10. The van der Waals surface area contributed by atoms with E-state index in [1.165, 1.54) is 16.7 Å². The molecular formula is C18H21NO. The minimum atomic E-state index is -0.353. The molecule has 20 heavy (non-hydrogen) atoms. The summed E-state index contributed by atoms with van der Waals surface area (Å²) in [5.74, 6) is 0.915. The van der Waals surface area contributed by atoms with Gasteiger partial charge in [0.1, 0.15) is 11.4 Å². The summed E-state index contributed by atoms with van der Waals surface area (Å²) in [5, 5.41) is 0. The van der Waals surface area contributed by atoms with Gasteiger partial charge < -0.3 is 10.5 Å². The van der Waals surface area contributed by atoms with Crippen LogP contribution in [0.3, 0.4) is 0 Å². The third kappa shape index (κ3) is 2.20. The van der Waals surface area contributed by atoms with Crippen molar-refractivity contribution in [3.05, 3.63) is 64.7 Å². The smallest absolute Gasteiger partial charge is 0.133 e. The Balaban J connectivity index is 2.04. The Labute approximate surface area is 120 Å². The molecule has 0 bridgehead atoms. The van der Waals surface area contributed by atoms with Crippen LogP contribution in [-0.4, -0.2) is 0 Å². The molecule has 1 aliphatic heterocycles. The van der Waals surface area contributed by atoms with Gasteiger partial charge in [0.25, 0.3) is 0 Å². The lowest BCUT2D eigenvalue weighted by atomic mass is 9.83. The average Bonchev–Trinajstić information content (AvgIpc) is 2.40. The lowest BCUT2D eigenvalue weighted by Gasteiger charge is -2.39. The van der Waals surface area contributed by atoms with Gasteiger partial charge >= 0.3 is 0 Å². The highest BCUT2D eigenvalue weighted by molar-refractivity contribution is 5.43. The van der Waals surface area contributed by atoms with Gasteiger partial charge in [0.15, 0.2) is 0 Å². The summed E-state index contributed by atoms with van der Waals surface area (Å²) in [6, 6.07) is 14.8. The molecule has 0 saturated carbocycles. The summed E-state index contributed by atoms with van der Waals surface area (Å²) in [7, 11) is 0. The SMILES string of the molecule is Cc1cccc(C2(C)CC(N)c3cc(C)ccc3O2)c1. The molecular weight excluding hydrogens is 246 g/mol. The van der Waals surface area contributed by atoms with Gasteiger partial charge in [-0.25, -0.2) is 0 Å². The number of aryl methyl sites for hydroxylation is 2. The predicted molar refractivity (Wildman–Crippen MR) is 81.9 cm³/mol. The summed E-state index contributed by atoms with van der Waals surface area (Å²) in [4.78, 5) is 0. The Morgan fingerprint density at radius 3 is 2.60 bits per heavy atom. The molecule has 0 aromatic heterocycles. The van der Waals surface area contributed by atoms with E-state index < -0.39 is 0 Å². The van der Waals surface area contributed by atoms with Crippen molar-refractivity contribution in [2.24, 2.45) is 5.73 Å². The molecule has 0 fully saturated rings. The normalized spacial score (nSPS) is 24.9. The first kappa shape index (κ1) is 13.2. The second kappa shape index (κ2) is 4.64. The van der Waals surface area contributed by atoms with Crippen molar-refractivity contribution in [2.45, 2.75) is 38.8 Å². The lowest BCUT2D eigenvalue weighted by molar-refractivity contribution is 0.0510. The summed E-state index contributed by atoms with van der Waals surface area (Å²) in [6.07, 6.45) is 0.799. The van der Waals surface area contributed by atoms with E-state index in [1.54, 1.807) is 0 Å². The number of ether oxygens (including phenoxy) is 1. The fourth-order valence-corrected chi connectivity index (χ4v) is 3.02. The van der Waals surface area contributed by atoms with Crippen molar-refractivity contribution < 1.29 is 4.74 Å². The standard InChI is InChI=1S/C18H21NO/c1-12-5-4-6-14(9-12)18(3)11-16(19)15-10-13(2)7-8-17(15)20-18/h4-10,16H,11,19H2,1-3H3. The molecule has 2 N–H and O–H groups in total. The Bertz CT molecular complexity index is 650. The highest BCUT2D eigenvalue weighted by Crippen LogP contribution is 2.43. The van der Waals surface area contributed by atoms with Crippen molar-refractivity contribution in [1.82, 2.24) is 0 Å². The number of nitrogens with two attached hydrogens (primary N) is 1. The van der Waals surface area contributed by atoms with Crippen molar-refractivity contribution in [3.8, 4) is 5.75 Å². The number of hydrogen-bond acceptors (Lipinski definition) is 2. The van der Waals surface area contributed by atoms with E-state index in [0.717, 1.165) is 17.7 Å². The summed E-state index contributed by atoms with van der Waals surface area (Å²) in [5.41, 5.74) is 10.8. The van der Waals surface area contributed by atoms with Crippen molar-refractivity contribution in [1.29, 1.82) is 0 Å². The average molecular weight is 267 g/mol. The Kier molecular flexibility index (Phi) is 3.06. The highest BCUT2D eigenvalue weighted by Gasteiger charge is 2.37. The van der Waals surface area contributed by atoms with Gasteiger partial charge in [0.05, 0.1) is 0 Å². The number of fused-ring (bicyclic) bond motifs is 1. The van der Waals surface area contributed by atoms with Gasteiger partial charge in [0.2, 0.25) is 0 Å². The zero-order chi connectivity index (χ0) is 14.3. The predicted octanol–water partition coefficient (Wildman–Crippen LogP) is 4.00. The van der Waals surface area contributed by atoms with Gasteiger partial charge in [-0.15, -0.1) is 0 Å². The monoisotopic (exact) mass is 267 g/mol. The molecule has 0 aliphatic carbocycles. The number of hydrogen-bond donors (Lipinski definition) is 1. The quantitative estimate of drug-likeness (QED) is 0.847. The molecule has 3 rings (SSSR count). The molecule has 0 spiro atoms. The summed E-state index contributed by atoms with van der Waals surface area (Å²) < 4.78 is 6.31. The maximum atomic E-state index is 6.39. The van der Waals surface area contributed by atoms with Crippen LogP contribution in [0.1, 0.15) is 41.6 Å². The molecule has 0 saturated heterocycles. The second-order valence-corrected chi connectivity index (χ2v) is 6.05. The van der Waals surface area contributed by atoms with Crippen molar-refractivity contribution >= 4 is 0 Å². The minimum absolute atomic E-state index is 0.0177. The number of rotatable bonds is 1. The molecule has 2 atom stereocenters. The van der Waals surface area contributed by atoms with Gasteiger partial charge in [-0.1, -0.05) is 47.5 Å². The molecule has 2 unspecified atom stereocenters. The Morgan fingerprint density at radius 1 is 1.10 bits per heavy atom. The van der Waals surface area contributed by atoms with Gasteiger partial charge in [-0.05, 0) is 32.4 Å². The molecule has 0 amide bonds. The van der Waals surface area contributed by atoms with Crippen LogP contribution < -0.4 is 10.5 Å². The zero-order valence-electron chi connectivity index (χ0n) is 12.3. The van der Waals surface area contributed by atoms with E-state index in [0.29, 0.717) is 0 Å². The summed E-state index contributed by atoms with van der Waals surface area (Å²) in [6.45, 7) is 6.32. The van der Waals surface area contributed by atoms with Crippen molar-refractivity contribution in [3.63, 3.8) is 0 Å². The van der Waals surface area contributed by atoms with E-state index >= 15 is 0 Å². The van der Waals surface area contributed by atoms with Crippen molar-refractivity contribution in [2.75, 3.05) is 0 Å². The fourth-order valence-electron chi connectivity index (χ4n) is 3.02. The first-order chi connectivity index (χ1) is 9.48. The van der Waals surface area contributed by atoms with Crippen LogP contribution in [0.4, 0.5) is 0 Å². The largest absolute Gasteiger partial charge is 0.482 e. The maximum absolute atomic E-state index is 6.39. The molecule has 2 aromatic carbocycles. The molecule has 2 heteroatoms. The second-order valence-electron chi connectivity index (χ2n) is 6.05. The van der Waals surface area contributed by atoms with Gasteiger partial charge in [-0.2, -0.15) is 0 Å². The van der Waals surface area contributed by atoms with Crippen LogP contribution in [0.25, 0.3) is 0 Å². The van der Waals surface area contributed by atoms with Crippen LogP contribution in [0.2, 0.25) is 0 Å². The van der Waals surface area contributed by atoms with E-state index in [2.05, 4.69) is 57.2 Å². The third-order valence-corrected chi connectivity index (χ3v) is 4.14. The minimum Gasteiger partial charge on any atom is -0.482 e. The Morgan fingerprint density at radius 2 is 1.85 bits per heavy atom. The van der Waals surface area contributed by atoms with E-state index in [4.69, 9.17) is 10.5 Å². The molecule has 1 aliphatic rings. The van der Waals surface area contributed by atoms with Crippen LogP contribution >= 0.6 is 0 Å². The van der Waals surface area contributed by atoms with Crippen LogP contribution in [0, 0.1) is 13.8 Å². The zero-order valence-corrected chi connectivity index (χ0v) is 12.3. The van der Waals surface area contributed by atoms with Crippen LogP contribution in [-0.2, 0) is 5.60 Å². The fraction of sp³-hybridized carbons (Fsp3) is 0.333. The molecule has 104 valence electrons. The highest BCUT2D eigenvalue weighted by atomic mass is 16.5. The topological polar surface area (TPSA) is 35.2 Å². The number of benzene rings is 2. The Hall–Kier alpha value is -1.80. The molecule has 2 nitrogen and oxygen atoms in total. The molecule has 0 radical (unpaired) electrons. The molecule has 2 aromatic rings. The first-order valence-corrected chi connectivity index (χ1v) is 7.10. The van der Waals surface area contributed by atoms with Crippen LogP contribution in [0.5, 0.6) is 5.75 Å². The van der Waals surface area contributed by atoms with E-state index in [-0.39, 0.29) is 11.6 Å². The summed E-state index contributed by atoms with van der Waals surface area (Å²) >= 11 is 0. The molecule has 1 heterocycles. The van der Waals surface area contributed by atoms with Gasteiger partial charge in [0, 0.05) is 18.0 Å². The van der Waals surface area contributed by atoms with E-state index in [1.807, 2.05) is 6.07 Å². The van der Waals surface area contributed by atoms with E-state index in [9.17, 15) is 0 Å². The maximum Gasteiger partial charge on any atom is 0.133 e.